The minimum absolute atomic E-state index is 0.0320. The number of rotatable bonds is 2. The van der Waals surface area contributed by atoms with E-state index in [9.17, 15) is 19.7 Å². The van der Waals surface area contributed by atoms with Gasteiger partial charge >= 0.3 is 0 Å². The van der Waals surface area contributed by atoms with Gasteiger partial charge in [-0.2, -0.15) is 0 Å². The summed E-state index contributed by atoms with van der Waals surface area (Å²) in [6.45, 7) is 4.95. The van der Waals surface area contributed by atoms with Gasteiger partial charge < -0.3 is 0 Å². The maximum atomic E-state index is 11.8. The molecule has 0 unspecified atom stereocenters. The molecule has 106 valence electrons. The van der Waals surface area contributed by atoms with Crippen molar-refractivity contribution >= 4 is 23.1 Å². The van der Waals surface area contributed by atoms with Gasteiger partial charge in [0, 0.05) is 17.9 Å². The molecule has 1 heterocycles. The lowest BCUT2D eigenvalue weighted by Gasteiger charge is -2.36. The van der Waals surface area contributed by atoms with Crippen LogP contribution in [0.5, 0.6) is 0 Å². The first-order valence-electron chi connectivity index (χ1n) is 6.06. The van der Waals surface area contributed by atoms with Gasteiger partial charge in [-0.05, 0) is 18.6 Å². The topological polar surface area (TPSA) is 107 Å². The number of nitro benzene ring substituents is 1. The number of carbonyl (C=O) groups excluding carboxylic acids is 2. The first-order chi connectivity index (χ1) is 9.15. The van der Waals surface area contributed by atoms with Crippen LogP contribution >= 0.6 is 0 Å². The lowest BCUT2D eigenvalue weighted by atomic mass is 9.76. The van der Waals surface area contributed by atoms with Gasteiger partial charge in [0.1, 0.15) is 0 Å². The summed E-state index contributed by atoms with van der Waals surface area (Å²) in [5, 5.41) is 12.0. The Morgan fingerprint density at radius 3 is 2.55 bits per heavy atom. The molecule has 0 aliphatic carbocycles. The molecule has 7 heteroatoms. The molecular formula is C13H15N3O4. The van der Waals surface area contributed by atoms with E-state index in [1.807, 2.05) is 13.8 Å². The lowest BCUT2D eigenvalue weighted by Crippen LogP contribution is -2.46. The molecule has 0 radical (unpaired) electrons. The van der Waals surface area contributed by atoms with Gasteiger partial charge in [0.25, 0.3) is 5.69 Å². The number of benzene rings is 1. The molecule has 20 heavy (non-hydrogen) atoms. The highest BCUT2D eigenvalue weighted by molar-refractivity contribution is 6.02. The van der Waals surface area contributed by atoms with Crippen molar-refractivity contribution in [3.8, 4) is 0 Å². The molecule has 1 aliphatic rings. The van der Waals surface area contributed by atoms with E-state index < -0.39 is 16.1 Å². The van der Waals surface area contributed by atoms with Crippen LogP contribution in [0.25, 0.3) is 0 Å². The van der Waals surface area contributed by atoms with Gasteiger partial charge in [0.15, 0.2) is 5.78 Å². The van der Waals surface area contributed by atoms with Crippen LogP contribution in [0.3, 0.4) is 0 Å². The Balaban J connectivity index is 2.79. The molecule has 0 saturated carbocycles. The molecule has 0 fully saturated rings. The number of anilines is 1. The highest BCUT2D eigenvalue weighted by Gasteiger charge is 2.38. The molecule has 2 N–H and O–H groups in total. The Kier molecular flexibility index (Phi) is 3.09. The highest BCUT2D eigenvalue weighted by Crippen LogP contribution is 2.42. The third kappa shape index (κ3) is 2.05. The number of fused-ring (bicyclic) bond motifs is 1. The van der Waals surface area contributed by atoms with E-state index in [4.69, 9.17) is 5.84 Å². The summed E-state index contributed by atoms with van der Waals surface area (Å²) in [4.78, 5) is 33.9. The number of carbonyl (C=O) groups is 2. The average Bonchev–Trinajstić information content (AvgIpc) is 2.34. The van der Waals surface area contributed by atoms with E-state index in [1.54, 1.807) is 0 Å². The van der Waals surface area contributed by atoms with E-state index >= 15 is 0 Å². The Morgan fingerprint density at radius 1 is 1.45 bits per heavy atom. The molecule has 1 aromatic rings. The van der Waals surface area contributed by atoms with Crippen LogP contribution in [-0.4, -0.2) is 16.6 Å². The standard InChI is InChI=1S/C13H15N3O4/c1-7(17)8-4-9-11(5-10(8)16(19)20)15(14)12(18)6-13(9,2)3/h4-5H,6,14H2,1-3H3. The van der Waals surface area contributed by atoms with Crippen molar-refractivity contribution in [2.45, 2.75) is 32.6 Å². The monoisotopic (exact) mass is 277 g/mol. The highest BCUT2D eigenvalue weighted by atomic mass is 16.6. The van der Waals surface area contributed by atoms with Crippen LogP contribution < -0.4 is 10.9 Å². The molecule has 1 aromatic carbocycles. The van der Waals surface area contributed by atoms with E-state index in [2.05, 4.69) is 0 Å². The zero-order valence-electron chi connectivity index (χ0n) is 11.5. The van der Waals surface area contributed by atoms with E-state index in [0.717, 1.165) is 5.01 Å². The summed E-state index contributed by atoms with van der Waals surface area (Å²) in [7, 11) is 0. The summed E-state index contributed by atoms with van der Waals surface area (Å²) >= 11 is 0. The third-order valence-electron chi connectivity index (χ3n) is 3.54. The number of hydrogen-bond donors (Lipinski definition) is 1. The smallest absolute Gasteiger partial charge is 0.282 e. The Labute approximate surface area is 115 Å². The molecular weight excluding hydrogens is 262 g/mol. The third-order valence-corrected chi connectivity index (χ3v) is 3.54. The number of hydrogen-bond acceptors (Lipinski definition) is 5. The maximum absolute atomic E-state index is 11.8. The first kappa shape index (κ1) is 14.1. The zero-order chi connectivity index (χ0) is 15.2. The molecule has 1 amide bonds. The van der Waals surface area contributed by atoms with Crippen LogP contribution in [0.4, 0.5) is 11.4 Å². The first-order valence-corrected chi connectivity index (χ1v) is 6.06. The SMILES string of the molecule is CC(=O)c1cc2c(cc1[N+](=O)[O-])N(N)C(=O)CC2(C)C. The molecule has 0 atom stereocenters. The van der Waals surface area contributed by atoms with Crippen LogP contribution in [0.1, 0.15) is 43.1 Å². The maximum Gasteiger partial charge on any atom is 0.282 e. The molecule has 7 nitrogen and oxygen atoms in total. The fourth-order valence-corrected chi connectivity index (χ4v) is 2.44. The minimum Gasteiger partial charge on any atom is -0.294 e. The van der Waals surface area contributed by atoms with E-state index in [-0.39, 0.29) is 29.3 Å². The van der Waals surface area contributed by atoms with Gasteiger partial charge in [-0.25, -0.2) is 10.9 Å². The molecule has 1 aliphatic heterocycles. The van der Waals surface area contributed by atoms with Crippen molar-refractivity contribution in [1.82, 2.24) is 0 Å². The van der Waals surface area contributed by atoms with Gasteiger partial charge in [-0.15, -0.1) is 0 Å². The summed E-state index contributed by atoms with van der Waals surface area (Å²) in [6, 6.07) is 2.67. The average molecular weight is 277 g/mol. The van der Waals surface area contributed by atoms with Crippen molar-refractivity contribution in [2.75, 3.05) is 5.01 Å². The van der Waals surface area contributed by atoms with Gasteiger partial charge in [0.05, 0.1) is 16.2 Å². The van der Waals surface area contributed by atoms with Gasteiger partial charge in [-0.3, -0.25) is 19.7 Å². The van der Waals surface area contributed by atoms with Crippen LogP contribution in [0, 0.1) is 10.1 Å². The molecule has 2 rings (SSSR count). The molecule has 0 spiro atoms. The number of nitrogens with zero attached hydrogens (tertiary/aromatic N) is 2. The van der Waals surface area contributed by atoms with E-state index in [1.165, 1.54) is 19.1 Å². The van der Waals surface area contributed by atoms with Crippen molar-refractivity contribution in [3.63, 3.8) is 0 Å². The number of nitrogens with two attached hydrogens (primary N) is 1. The molecule has 0 saturated heterocycles. The molecule has 0 aromatic heterocycles. The number of amides is 1. The van der Waals surface area contributed by atoms with Gasteiger partial charge in [-0.1, -0.05) is 13.8 Å². The minimum atomic E-state index is -0.642. The summed E-state index contributed by atoms with van der Waals surface area (Å²) in [5.41, 5.74) is 0.113. The quantitative estimate of drug-likeness (QED) is 0.291. The number of ketones is 1. The van der Waals surface area contributed by atoms with Crippen molar-refractivity contribution in [3.05, 3.63) is 33.4 Å². The largest absolute Gasteiger partial charge is 0.294 e. The van der Waals surface area contributed by atoms with Crippen molar-refractivity contribution in [1.29, 1.82) is 0 Å². The predicted octanol–water partition coefficient (Wildman–Crippen LogP) is 1.69. The van der Waals surface area contributed by atoms with Crippen LogP contribution in [0.15, 0.2) is 12.1 Å². The summed E-state index contributed by atoms with van der Waals surface area (Å²) < 4.78 is 0. The zero-order valence-corrected chi connectivity index (χ0v) is 11.5. The Morgan fingerprint density at radius 2 is 2.05 bits per heavy atom. The summed E-state index contributed by atoms with van der Waals surface area (Å²) in [6.07, 6.45) is 0.186. The molecule has 0 bridgehead atoms. The van der Waals surface area contributed by atoms with Gasteiger partial charge in [0.2, 0.25) is 5.91 Å². The Bertz CT molecular complexity index is 637. The second-order valence-electron chi connectivity index (χ2n) is 5.52. The van der Waals surface area contributed by atoms with Crippen molar-refractivity contribution < 1.29 is 14.5 Å². The number of hydrazine groups is 1. The Hall–Kier alpha value is -2.28. The van der Waals surface area contributed by atoms with Crippen LogP contribution in [-0.2, 0) is 10.2 Å². The number of nitro groups is 1. The van der Waals surface area contributed by atoms with E-state index in [0.29, 0.717) is 5.56 Å². The lowest BCUT2D eigenvalue weighted by molar-refractivity contribution is -0.385. The summed E-state index contributed by atoms with van der Waals surface area (Å²) in [5.74, 6) is 4.98. The number of Topliss-reactive ketones (excluding diaryl/α,β-unsaturated/α-hetero) is 1. The van der Waals surface area contributed by atoms with Crippen molar-refractivity contribution in [2.24, 2.45) is 5.84 Å². The fraction of sp³-hybridized carbons (Fsp3) is 0.385. The normalized spacial score (nSPS) is 16.8. The second-order valence-corrected chi connectivity index (χ2v) is 5.52. The predicted molar refractivity (Wildman–Crippen MR) is 72.4 cm³/mol. The van der Waals surface area contributed by atoms with Crippen LogP contribution in [0.2, 0.25) is 0 Å². The fourth-order valence-electron chi connectivity index (χ4n) is 2.44. The second kappa shape index (κ2) is 4.38.